The summed E-state index contributed by atoms with van der Waals surface area (Å²) in [5, 5.41) is 21.3. The molecule has 3 rings (SSSR count). The number of aryl methyl sites for hydroxylation is 1. The van der Waals surface area contributed by atoms with Gasteiger partial charge >= 0.3 is 0 Å². The van der Waals surface area contributed by atoms with Crippen molar-refractivity contribution in [3.8, 4) is 0 Å². The molecule has 31 heavy (non-hydrogen) atoms. The summed E-state index contributed by atoms with van der Waals surface area (Å²) in [5.74, 6) is -0.671. The molecule has 1 aliphatic rings. The van der Waals surface area contributed by atoms with Crippen LogP contribution in [0.3, 0.4) is 0 Å². The van der Waals surface area contributed by atoms with E-state index in [2.05, 4.69) is 25.6 Å². The van der Waals surface area contributed by atoms with Gasteiger partial charge in [0.1, 0.15) is 5.60 Å². The summed E-state index contributed by atoms with van der Waals surface area (Å²) in [6, 6.07) is 4.03. The lowest BCUT2D eigenvalue weighted by Gasteiger charge is -2.21. The molecule has 0 spiro atoms. The minimum Gasteiger partial charge on any atom is -0.383 e. The second-order valence-corrected chi connectivity index (χ2v) is 7.95. The summed E-state index contributed by atoms with van der Waals surface area (Å²) < 4.78 is 28.3. The van der Waals surface area contributed by atoms with E-state index in [0.717, 1.165) is 19.5 Å². The van der Waals surface area contributed by atoms with Gasteiger partial charge in [-0.25, -0.2) is 13.8 Å². The molecule has 1 aromatic carbocycles. The zero-order chi connectivity index (χ0) is 21.7. The zero-order valence-electron chi connectivity index (χ0n) is 18.1. The average Bonchev–Trinajstić information content (AvgIpc) is 3.36. The minimum atomic E-state index is -1.12. The first kappa shape index (κ1) is 25.3. The van der Waals surface area contributed by atoms with Crippen LogP contribution in [0.5, 0.6) is 0 Å². The number of benzene rings is 1. The normalized spacial score (nSPS) is 18.5. The van der Waals surface area contributed by atoms with Crippen molar-refractivity contribution >= 4 is 35.6 Å². The van der Waals surface area contributed by atoms with Crippen LogP contribution in [0.2, 0.25) is 0 Å². The van der Waals surface area contributed by atoms with Crippen LogP contribution in [0.1, 0.15) is 25.8 Å². The number of aliphatic hydroxyl groups is 1. The molecule has 7 nitrogen and oxygen atoms in total. The highest BCUT2D eigenvalue weighted by molar-refractivity contribution is 14.0. The van der Waals surface area contributed by atoms with Gasteiger partial charge in [-0.3, -0.25) is 4.68 Å². The summed E-state index contributed by atoms with van der Waals surface area (Å²) in [6.45, 7) is 6.84. The number of aliphatic imine (C=N–C) groups is 1. The molecule has 1 aromatic heterocycles. The summed E-state index contributed by atoms with van der Waals surface area (Å²) in [4.78, 5) is 6.59. The first-order valence-electron chi connectivity index (χ1n) is 10.2. The van der Waals surface area contributed by atoms with Crippen LogP contribution < -0.4 is 15.5 Å². The third-order valence-corrected chi connectivity index (χ3v) is 5.33. The maximum Gasteiger partial charge on any atom is 0.191 e. The lowest BCUT2D eigenvalue weighted by atomic mass is 10.0. The molecule has 0 bridgehead atoms. The topological polar surface area (TPSA) is 77.7 Å². The Hall–Kier alpha value is -1.95. The van der Waals surface area contributed by atoms with Gasteiger partial charge in [0, 0.05) is 56.7 Å². The molecule has 10 heteroatoms. The van der Waals surface area contributed by atoms with Gasteiger partial charge in [0.25, 0.3) is 0 Å². The summed E-state index contributed by atoms with van der Waals surface area (Å²) in [5.41, 5.74) is 0.292. The van der Waals surface area contributed by atoms with E-state index in [1.165, 1.54) is 12.1 Å². The first-order valence-corrected chi connectivity index (χ1v) is 10.2. The maximum atomic E-state index is 13.5. The smallest absolute Gasteiger partial charge is 0.191 e. The van der Waals surface area contributed by atoms with Crippen molar-refractivity contribution in [2.24, 2.45) is 18.0 Å². The third kappa shape index (κ3) is 6.76. The molecule has 1 fully saturated rings. The molecule has 2 aromatic rings. The van der Waals surface area contributed by atoms with E-state index in [1.807, 2.05) is 6.92 Å². The average molecular weight is 548 g/mol. The number of halogens is 3. The van der Waals surface area contributed by atoms with Gasteiger partial charge < -0.3 is 20.6 Å². The van der Waals surface area contributed by atoms with Crippen molar-refractivity contribution in [3.63, 3.8) is 0 Å². The van der Waals surface area contributed by atoms with Crippen LogP contribution in [0.15, 0.2) is 35.6 Å². The second kappa shape index (κ2) is 11.1. The fraction of sp³-hybridized carbons (Fsp3) is 0.524. The number of aromatic nitrogens is 2. The van der Waals surface area contributed by atoms with Crippen molar-refractivity contribution in [2.75, 3.05) is 37.6 Å². The Kier molecular flexibility index (Phi) is 9.04. The molecule has 2 unspecified atom stereocenters. The van der Waals surface area contributed by atoms with Gasteiger partial charge in [0.15, 0.2) is 17.6 Å². The molecular weight excluding hydrogens is 517 g/mol. The molecule has 2 heterocycles. The molecule has 2 atom stereocenters. The standard InChI is InChI=1S/C21H30F2N6O.HI/c1-4-24-20(26-14-21(2,30)16-11-27-28(3)13-16)25-10-15-7-8-29(12-15)17-5-6-18(22)19(23)9-17;/h5-6,9,11,13,15,30H,4,7-8,10,12,14H2,1-3H3,(H2,24,25,26);1H. The molecule has 0 saturated carbocycles. The van der Waals surface area contributed by atoms with E-state index in [9.17, 15) is 13.9 Å². The molecule has 0 amide bonds. The molecule has 0 aliphatic carbocycles. The van der Waals surface area contributed by atoms with E-state index in [4.69, 9.17) is 0 Å². The first-order chi connectivity index (χ1) is 14.3. The Morgan fingerprint density at radius 2 is 2.10 bits per heavy atom. The molecule has 1 aliphatic heterocycles. The van der Waals surface area contributed by atoms with Gasteiger partial charge in [-0.05, 0) is 38.3 Å². The Morgan fingerprint density at radius 3 is 2.74 bits per heavy atom. The minimum absolute atomic E-state index is 0. The molecular formula is C21H31F2IN6O. The predicted octanol–water partition coefficient (Wildman–Crippen LogP) is 2.61. The van der Waals surface area contributed by atoms with Crippen molar-refractivity contribution in [3.05, 3.63) is 47.8 Å². The van der Waals surface area contributed by atoms with Gasteiger partial charge in [0.2, 0.25) is 0 Å². The van der Waals surface area contributed by atoms with Crippen molar-refractivity contribution in [1.29, 1.82) is 0 Å². The molecule has 0 radical (unpaired) electrons. The number of guanidine groups is 1. The van der Waals surface area contributed by atoms with Crippen LogP contribution in [0.25, 0.3) is 0 Å². The number of hydrogen-bond donors (Lipinski definition) is 3. The fourth-order valence-electron chi connectivity index (χ4n) is 3.52. The van der Waals surface area contributed by atoms with Crippen LogP contribution in [0, 0.1) is 17.6 Å². The number of anilines is 1. The van der Waals surface area contributed by atoms with E-state index >= 15 is 0 Å². The van der Waals surface area contributed by atoms with Crippen molar-refractivity contribution in [1.82, 2.24) is 20.4 Å². The van der Waals surface area contributed by atoms with Crippen LogP contribution >= 0.6 is 24.0 Å². The zero-order valence-corrected chi connectivity index (χ0v) is 20.4. The van der Waals surface area contributed by atoms with E-state index in [-0.39, 0.29) is 30.5 Å². The highest BCUT2D eigenvalue weighted by Gasteiger charge is 2.26. The van der Waals surface area contributed by atoms with Crippen LogP contribution in [0.4, 0.5) is 14.5 Å². The monoisotopic (exact) mass is 548 g/mol. The van der Waals surface area contributed by atoms with Gasteiger partial charge in [-0.15, -0.1) is 24.0 Å². The maximum absolute atomic E-state index is 13.5. The quantitative estimate of drug-likeness (QED) is 0.282. The Bertz CT molecular complexity index is 889. The third-order valence-electron chi connectivity index (χ3n) is 5.33. The van der Waals surface area contributed by atoms with Crippen LogP contribution in [-0.2, 0) is 12.6 Å². The van der Waals surface area contributed by atoms with Gasteiger partial charge in [0.05, 0.1) is 12.7 Å². The largest absolute Gasteiger partial charge is 0.383 e. The summed E-state index contributed by atoms with van der Waals surface area (Å²) in [7, 11) is 1.81. The van der Waals surface area contributed by atoms with Gasteiger partial charge in [-0.1, -0.05) is 0 Å². The Morgan fingerprint density at radius 1 is 1.32 bits per heavy atom. The highest BCUT2D eigenvalue weighted by atomic mass is 127. The summed E-state index contributed by atoms with van der Waals surface area (Å²) in [6.07, 6.45) is 4.36. The number of nitrogens with one attached hydrogen (secondary N) is 2. The van der Waals surface area contributed by atoms with E-state index in [0.29, 0.717) is 36.2 Å². The highest BCUT2D eigenvalue weighted by Crippen LogP contribution is 2.25. The van der Waals surface area contributed by atoms with Crippen LogP contribution in [-0.4, -0.2) is 53.6 Å². The molecule has 172 valence electrons. The number of nitrogens with zero attached hydrogens (tertiary/aromatic N) is 4. The number of rotatable bonds is 7. The molecule has 3 N–H and O–H groups in total. The SMILES string of the molecule is CCNC(=NCC(C)(O)c1cnn(C)c1)NCC1CCN(c2ccc(F)c(F)c2)C1.I. The molecule has 1 saturated heterocycles. The van der Waals surface area contributed by atoms with E-state index < -0.39 is 17.2 Å². The lowest BCUT2D eigenvalue weighted by Crippen LogP contribution is -2.41. The Balaban J connectivity index is 0.00000341. The Labute approximate surface area is 198 Å². The van der Waals surface area contributed by atoms with Crippen molar-refractivity contribution < 1.29 is 13.9 Å². The second-order valence-electron chi connectivity index (χ2n) is 7.95. The van der Waals surface area contributed by atoms with Crippen molar-refractivity contribution in [2.45, 2.75) is 25.9 Å². The predicted molar refractivity (Wildman–Crippen MR) is 129 cm³/mol. The van der Waals surface area contributed by atoms with Gasteiger partial charge in [-0.2, -0.15) is 5.10 Å². The summed E-state index contributed by atoms with van der Waals surface area (Å²) >= 11 is 0. The number of hydrogen-bond acceptors (Lipinski definition) is 4. The van der Waals surface area contributed by atoms with E-state index in [1.54, 1.807) is 37.1 Å². The lowest BCUT2D eigenvalue weighted by molar-refractivity contribution is 0.0671. The fourth-order valence-corrected chi connectivity index (χ4v) is 3.52.